The van der Waals surface area contributed by atoms with Crippen molar-refractivity contribution < 1.29 is 5.11 Å². The molecule has 0 saturated carbocycles. The molecular formula is C12H20N2O. The van der Waals surface area contributed by atoms with Crippen molar-refractivity contribution >= 4 is 5.69 Å². The van der Waals surface area contributed by atoms with E-state index in [9.17, 15) is 5.11 Å². The Balaban J connectivity index is 2.69. The minimum Gasteiger partial charge on any atom is -0.508 e. The van der Waals surface area contributed by atoms with E-state index in [4.69, 9.17) is 5.73 Å². The van der Waals surface area contributed by atoms with Crippen molar-refractivity contribution in [2.45, 2.75) is 19.8 Å². The number of unbranched alkanes of at least 4 members (excludes halogenated alkanes) is 1. The molecule has 0 amide bonds. The van der Waals surface area contributed by atoms with Crippen LogP contribution in [-0.2, 0) is 0 Å². The number of hydrogen-bond donors (Lipinski definition) is 2. The van der Waals surface area contributed by atoms with Crippen molar-refractivity contribution in [3.8, 4) is 5.75 Å². The summed E-state index contributed by atoms with van der Waals surface area (Å²) < 4.78 is 0. The predicted molar refractivity (Wildman–Crippen MR) is 64.3 cm³/mol. The Kier molecular flexibility index (Phi) is 4.98. The molecule has 0 unspecified atom stereocenters. The topological polar surface area (TPSA) is 49.5 Å². The minimum absolute atomic E-state index is 0.311. The zero-order chi connectivity index (χ0) is 11.1. The Morgan fingerprint density at radius 2 is 2.13 bits per heavy atom. The van der Waals surface area contributed by atoms with E-state index in [0.717, 1.165) is 25.2 Å². The molecule has 3 heteroatoms. The van der Waals surface area contributed by atoms with E-state index in [-0.39, 0.29) is 0 Å². The van der Waals surface area contributed by atoms with Crippen LogP contribution in [0.1, 0.15) is 19.8 Å². The Bertz CT molecular complexity index is 289. The largest absolute Gasteiger partial charge is 0.508 e. The molecule has 0 aliphatic heterocycles. The van der Waals surface area contributed by atoms with Crippen LogP contribution in [0.2, 0.25) is 0 Å². The van der Waals surface area contributed by atoms with E-state index in [0.29, 0.717) is 12.3 Å². The van der Waals surface area contributed by atoms with Gasteiger partial charge < -0.3 is 15.7 Å². The van der Waals surface area contributed by atoms with E-state index in [1.807, 2.05) is 12.1 Å². The lowest BCUT2D eigenvalue weighted by Crippen LogP contribution is -2.30. The molecule has 0 spiro atoms. The van der Waals surface area contributed by atoms with Crippen LogP contribution in [0.5, 0.6) is 5.75 Å². The lowest BCUT2D eigenvalue weighted by atomic mass is 10.2. The molecule has 0 aliphatic rings. The van der Waals surface area contributed by atoms with Crippen LogP contribution in [0.3, 0.4) is 0 Å². The van der Waals surface area contributed by atoms with Crippen molar-refractivity contribution in [3.63, 3.8) is 0 Å². The van der Waals surface area contributed by atoms with E-state index >= 15 is 0 Å². The zero-order valence-corrected chi connectivity index (χ0v) is 9.32. The van der Waals surface area contributed by atoms with Gasteiger partial charge in [0.25, 0.3) is 0 Å². The Morgan fingerprint density at radius 3 is 2.73 bits per heavy atom. The number of benzene rings is 1. The third-order valence-corrected chi connectivity index (χ3v) is 2.38. The summed E-state index contributed by atoms with van der Waals surface area (Å²) in [6, 6.07) is 7.33. The first kappa shape index (κ1) is 11.9. The second kappa shape index (κ2) is 6.30. The molecule has 0 atom stereocenters. The van der Waals surface area contributed by atoms with E-state index in [1.54, 1.807) is 12.1 Å². The first-order chi connectivity index (χ1) is 7.27. The number of phenols is 1. The summed E-state index contributed by atoms with van der Waals surface area (Å²) in [5.74, 6) is 0.311. The maximum Gasteiger partial charge on any atom is 0.117 e. The van der Waals surface area contributed by atoms with Gasteiger partial charge in [-0.3, -0.25) is 0 Å². The molecule has 0 aromatic heterocycles. The minimum atomic E-state index is 0.311. The van der Waals surface area contributed by atoms with Crippen LogP contribution in [-0.4, -0.2) is 24.7 Å². The van der Waals surface area contributed by atoms with Crippen molar-refractivity contribution in [3.05, 3.63) is 24.3 Å². The first-order valence-corrected chi connectivity index (χ1v) is 5.52. The van der Waals surface area contributed by atoms with E-state index < -0.39 is 0 Å². The molecule has 1 aromatic rings. The highest BCUT2D eigenvalue weighted by atomic mass is 16.3. The average molecular weight is 208 g/mol. The number of hydrogen-bond acceptors (Lipinski definition) is 3. The number of aromatic hydroxyl groups is 1. The fourth-order valence-electron chi connectivity index (χ4n) is 1.56. The lowest BCUT2D eigenvalue weighted by Gasteiger charge is -2.24. The summed E-state index contributed by atoms with van der Waals surface area (Å²) >= 11 is 0. The van der Waals surface area contributed by atoms with Crippen molar-refractivity contribution in [1.29, 1.82) is 0 Å². The van der Waals surface area contributed by atoms with Gasteiger partial charge in [0.05, 0.1) is 0 Å². The Hall–Kier alpha value is -1.22. The highest BCUT2D eigenvalue weighted by Gasteiger charge is 2.04. The monoisotopic (exact) mass is 208 g/mol. The second-order valence-electron chi connectivity index (χ2n) is 3.65. The summed E-state index contributed by atoms with van der Waals surface area (Å²) in [7, 11) is 0. The van der Waals surface area contributed by atoms with E-state index in [1.165, 1.54) is 6.42 Å². The van der Waals surface area contributed by atoms with Crippen molar-refractivity contribution in [2.75, 3.05) is 24.5 Å². The van der Waals surface area contributed by atoms with Gasteiger partial charge in [-0.1, -0.05) is 19.4 Å². The van der Waals surface area contributed by atoms with E-state index in [2.05, 4.69) is 11.8 Å². The summed E-state index contributed by atoms with van der Waals surface area (Å²) in [5.41, 5.74) is 6.62. The Labute approximate surface area is 91.5 Å². The molecule has 1 aromatic carbocycles. The molecule has 0 heterocycles. The third kappa shape index (κ3) is 3.80. The SMILES string of the molecule is CCCCN(CCN)c1cccc(O)c1. The number of nitrogens with two attached hydrogens (primary N) is 1. The van der Waals surface area contributed by atoms with Gasteiger partial charge in [-0.25, -0.2) is 0 Å². The molecule has 0 radical (unpaired) electrons. The Morgan fingerprint density at radius 1 is 1.33 bits per heavy atom. The number of nitrogens with zero attached hydrogens (tertiary/aromatic N) is 1. The maximum absolute atomic E-state index is 9.40. The molecule has 0 bridgehead atoms. The summed E-state index contributed by atoms with van der Waals surface area (Å²) in [6.07, 6.45) is 2.32. The van der Waals surface area contributed by atoms with Crippen LogP contribution < -0.4 is 10.6 Å². The van der Waals surface area contributed by atoms with Crippen LogP contribution in [0.25, 0.3) is 0 Å². The van der Waals surface area contributed by atoms with Gasteiger partial charge in [-0.05, 0) is 18.6 Å². The summed E-state index contributed by atoms with van der Waals surface area (Å²) in [5, 5.41) is 9.40. The van der Waals surface area contributed by atoms with Crippen LogP contribution in [0.15, 0.2) is 24.3 Å². The highest BCUT2D eigenvalue weighted by molar-refractivity contribution is 5.50. The molecule has 3 N–H and O–H groups in total. The van der Waals surface area contributed by atoms with Gasteiger partial charge in [0, 0.05) is 31.4 Å². The predicted octanol–water partition coefficient (Wildman–Crippen LogP) is 1.96. The highest BCUT2D eigenvalue weighted by Crippen LogP contribution is 2.20. The number of phenolic OH excluding ortho intramolecular Hbond substituents is 1. The molecule has 0 aliphatic carbocycles. The molecule has 1 rings (SSSR count). The van der Waals surface area contributed by atoms with Crippen LogP contribution in [0.4, 0.5) is 5.69 Å². The van der Waals surface area contributed by atoms with Gasteiger partial charge in [-0.2, -0.15) is 0 Å². The third-order valence-electron chi connectivity index (χ3n) is 2.38. The molecule has 0 fully saturated rings. The summed E-state index contributed by atoms with van der Waals surface area (Å²) in [6.45, 7) is 4.64. The van der Waals surface area contributed by atoms with Gasteiger partial charge in [0.15, 0.2) is 0 Å². The second-order valence-corrected chi connectivity index (χ2v) is 3.65. The van der Waals surface area contributed by atoms with Gasteiger partial charge in [0.2, 0.25) is 0 Å². The van der Waals surface area contributed by atoms with Gasteiger partial charge in [-0.15, -0.1) is 0 Å². The van der Waals surface area contributed by atoms with Crippen LogP contribution >= 0.6 is 0 Å². The van der Waals surface area contributed by atoms with Crippen LogP contribution in [0, 0.1) is 0 Å². The first-order valence-electron chi connectivity index (χ1n) is 5.52. The number of rotatable bonds is 6. The molecule has 15 heavy (non-hydrogen) atoms. The average Bonchev–Trinajstić information content (AvgIpc) is 2.24. The zero-order valence-electron chi connectivity index (χ0n) is 9.32. The molecule has 0 saturated heterocycles. The number of anilines is 1. The molecular weight excluding hydrogens is 188 g/mol. The molecule has 3 nitrogen and oxygen atoms in total. The summed E-state index contributed by atoms with van der Waals surface area (Å²) in [4.78, 5) is 2.21. The van der Waals surface area contributed by atoms with Crippen molar-refractivity contribution in [2.24, 2.45) is 5.73 Å². The fraction of sp³-hybridized carbons (Fsp3) is 0.500. The molecule has 84 valence electrons. The van der Waals surface area contributed by atoms with Gasteiger partial charge in [0.1, 0.15) is 5.75 Å². The van der Waals surface area contributed by atoms with Crippen molar-refractivity contribution in [1.82, 2.24) is 0 Å². The normalized spacial score (nSPS) is 10.3. The quantitative estimate of drug-likeness (QED) is 0.751. The standard InChI is InChI=1S/C12H20N2O/c1-2-3-8-14(9-7-13)11-5-4-6-12(15)10-11/h4-6,10,15H,2-3,7-9,13H2,1H3. The lowest BCUT2D eigenvalue weighted by molar-refractivity contribution is 0.475. The fourth-order valence-corrected chi connectivity index (χ4v) is 1.56. The van der Waals surface area contributed by atoms with Gasteiger partial charge >= 0.3 is 0 Å². The smallest absolute Gasteiger partial charge is 0.117 e. The maximum atomic E-state index is 9.40.